The second kappa shape index (κ2) is 11.1. The Kier molecular flexibility index (Phi) is 9.57. The van der Waals surface area contributed by atoms with Gasteiger partial charge in [-0.2, -0.15) is 0 Å². The molecule has 0 aliphatic heterocycles. The smallest absolute Gasteiger partial charge is 0.191 e. The van der Waals surface area contributed by atoms with Gasteiger partial charge in [-0.25, -0.2) is 13.4 Å². The van der Waals surface area contributed by atoms with Crippen molar-refractivity contribution in [2.45, 2.75) is 24.9 Å². The summed E-state index contributed by atoms with van der Waals surface area (Å²) in [6.45, 7) is 3.83. The van der Waals surface area contributed by atoms with Crippen molar-refractivity contribution in [2.24, 2.45) is 4.99 Å². The predicted octanol–water partition coefficient (Wildman–Crippen LogP) is 2.97. The van der Waals surface area contributed by atoms with E-state index in [1.165, 1.54) is 6.26 Å². The van der Waals surface area contributed by atoms with Crippen LogP contribution in [0.1, 0.15) is 18.1 Å². The van der Waals surface area contributed by atoms with E-state index in [9.17, 15) is 8.42 Å². The van der Waals surface area contributed by atoms with Gasteiger partial charge >= 0.3 is 0 Å². The average Bonchev–Trinajstić information content (AvgIpc) is 2.64. The molecule has 148 valence electrons. The molecule has 0 fully saturated rings. The summed E-state index contributed by atoms with van der Waals surface area (Å²) in [6.07, 6.45) is 1.20. The molecule has 0 heterocycles. The fourth-order valence-corrected chi connectivity index (χ4v) is 2.95. The fourth-order valence-electron chi connectivity index (χ4n) is 2.32. The molecule has 0 saturated carbocycles. The number of nitrogens with zero attached hydrogens (tertiary/aromatic N) is 1. The summed E-state index contributed by atoms with van der Waals surface area (Å²) in [4.78, 5) is 4.89. The number of rotatable bonds is 7. The Morgan fingerprint density at radius 1 is 1.07 bits per heavy atom. The minimum absolute atomic E-state index is 0. The van der Waals surface area contributed by atoms with Gasteiger partial charge in [-0.3, -0.25) is 0 Å². The van der Waals surface area contributed by atoms with Gasteiger partial charge in [0.2, 0.25) is 0 Å². The van der Waals surface area contributed by atoms with Crippen LogP contribution in [0.3, 0.4) is 0 Å². The number of nitrogens with one attached hydrogen (secondary N) is 2. The van der Waals surface area contributed by atoms with Crippen molar-refractivity contribution >= 4 is 39.8 Å². The lowest BCUT2D eigenvalue weighted by Gasteiger charge is -2.12. The van der Waals surface area contributed by atoms with E-state index in [4.69, 9.17) is 4.74 Å². The van der Waals surface area contributed by atoms with Crippen LogP contribution in [0.15, 0.2) is 58.4 Å². The van der Waals surface area contributed by atoms with Crippen molar-refractivity contribution in [1.29, 1.82) is 0 Å². The molecular weight excluding hydrogens is 477 g/mol. The van der Waals surface area contributed by atoms with Crippen LogP contribution in [-0.4, -0.2) is 34.3 Å². The van der Waals surface area contributed by atoms with Crippen LogP contribution >= 0.6 is 24.0 Å². The third-order valence-corrected chi connectivity index (χ3v) is 4.84. The van der Waals surface area contributed by atoms with Crippen LogP contribution < -0.4 is 15.4 Å². The number of guanidine groups is 1. The van der Waals surface area contributed by atoms with Crippen molar-refractivity contribution in [3.8, 4) is 5.75 Å². The molecule has 0 spiro atoms. The Hall–Kier alpha value is -1.81. The van der Waals surface area contributed by atoms with Gasteiger partial charge in [-0.05, 0) is 42.3 Å². The summed E-state index contributed by atoms with van der Waals surface area (Å²) in [5.41, 5.74) is 2.03. The number of benzene rings is 2. The Morgan fingerprint density at radius 3 is 2.37 bits per heavy atom. The molecule has 0 radical (unpaired) electrons. The number of hydrogen-bond donors (Lipinski definition) is 2. The van der Waals surface area contributed by atoms with E-state index in [1.807, 2.05) is 31.2 Å². The van der Waals surface area contributed by atoms with E-state index in [1.54, 1.807) is 31.4 Å². The van der Waals surface area contributed by atoms with Crippen molar-refractivity contribution in [3.05, 3.63) is 59.7 Å². The summed E-state index contributed by atoms with van der Waals surface area (Å²) < 4.78 is 28.2. The topological polar surface area (TPSA) is 79.8 Å². The van der Waals surface area contributed by atoms with E-state index >= 15 is 0 Å². The van der Waals surface area contributed by atoms with Crippen molar-refractivity contribution in [2.75, 3.05) is 19.9 Å². The Labute approximate surface area is 178 Å². The molecule has 2 rings (SSSR count). The lowest BCUT2D eigenvalue weighted by atomic mass is 10.2. The molecule has 8 heteroatoms. The standard InChI is InChI=1S/C19H25N3O3S.HI/c1-4-20-19(22-14-16-6-5-7-17(12-16)25-2)21-13-15-8-10-18(11-9-15)26(3,23)24;/h5-12H,4,13-14H2,1-3H3,(H2,20,21,22);1H. The molecule has 2 N–H and O–H groups in total. The minimum atomic E-state index is -3.17. The molecule has 0 amide bonds. The Balaban J connectivity index is 0.00000364. The van der Waals surface area contributed by atoms with Gasteiger partial charge in [-0.15, -0.1) is 24.0 Å². The van der Waals surface area contributed by atoms with Crippen LogP contribution in [0.2, 0.25) is 0 Å². The Morgan fingerprint density at radius 2 is 1.78 bits per heavy atom. The van der Waals surface area contributed by atoms with Crippen molar-refractivity contribution in [3.63, 3.8) is 0 Å². The zero-order valence-corrected chi connectivity index (χ0v) is 18.9. The van der Waals surface area contributed by atoms with Gasteiger partial charge in [0.1, 0.15) is 5.75 Å². The number of sulfone groups is 1. The van der Waals surface area contributed by atoms with Gasteiger partial charge < -0.3 is 15.4 Å². The maximum Gasteiger partial charge on any atom is 0.191 e. The molecule has 0 aliphatic rings. The highest BCUT2D eigenvalue weighted by Crippen LogP contribution is 2.13. The van der Waals surface area contributed by atoms with E-state index in [2.05, 4.69) is 15.6 Å². The normalized spacial score (nSPS) is 11.4. The van der Waals surface area contributed by atoms with Crippen LogP contribution in [0.4, 0.5) is 0 Å². The summed E-state index contributed by atoms with van der Waals surface area (Å²) in [5, 5.41) is 6.45. The summed E-state index contributed by atoms with van der Waals surface area (Å²) in [6, 6.07) is 14.6. The van der Waals surface area contributed by atoms with Crippen LogP contribution in [-0.2, 0) is 22.9 Å². The molecule has 0 unspecified atom stereocenters. The van der Waals surface area contributed by atoms with Gasteiger partial charge in [0.05, 0.1) is 18.6 Å². The van der Waals surface area contributed by atoms with E-state index in [0.29, 0.717) is 23.9 Å². The van der Waals surface area contributed by atoms with Gasteiger partial charge in [0, 0.05) is 19.3 Å². The molecule has 0 aromatic heterocycles. The fraction of sp³-hybridized carbons (Fsp3) is 0.316. The monoisotopic (exact) mass is 503 g/mol. The van der Waals surface area contributed by atoms with Gasteiger partial charge in [0.15, 0.2) is 15.8 Å². The number of methoxy groups -OCH3 is 1. The molecule has 2 aromatic rings. The highest BCUT2D eigenvalue weighted by molar-refractivity contribution is 14.0. The van der Waals surface area contributed by atoms with Crippen LogP contribution in [0, 0.1) is 0 Å². The maximum atomic E-state index is 11.5. The highest BCUT2D eigenvalue weighted by atomic mass is 127. The quantitative estimate of drug-likeness (QED) is 0.345. The summed E-state index contributed by atoms with van der Waals surface area (Å²) in [7, 11) is -1.53. The van der Waals surface area contributed by atoms with Crippen molar-refractivity contribution in [1.82, 2.24) is 10.6 Å². The number of halogens is 1. The third kappa shape index (κ3) is 7.76. The molecular formula is C19H26IN3O3S. The second-order valence-corrected chi connectivity index (χ2v) is 7.83. The largest absolute Gasteiger partial charge is 0.497 e. The number of ether oxygens (including phenoxy) is 1. The molecule has 2 aromatic carbocycles. The second-order valence-electron chi connectivity index (χ2n) is 5.82. The van der Waals surface area contributed by atoms with Crippen LogP contribution in [0.5, 0.6) is 5.75 Å². The summed E-state index contributed by atoms with van der Waals surface area (Å²) >= 11 is 0. The lowest BCUT2D eigenvalue weighted by molar-refractivity contribution is 0.414. The highest BCUT2D eigenvalue weighted by Gasteiger charge is 2.06. The zero-order chi connectivity index (χ0) is 19.0. The van der Waals surface area contributed by atoms with E-state index in [0.717, 1.165) is 23.4 Å². The van der Waals surface area contributed by atoms with Crippen molar-refractivity contribution < 1.29 is 13.2 Å². The minimum Gasteiger partial charge on any atom is -0.497 e. The van der Waals surface area contributed by atoms with E-state index in [-0.39, 0.29) is 24.0 Å². The first-order chi connectivity index (χ1) is 12.4. The maximum absolute atomic E-state index is 11.5. The molecule has 0 bridgehead atoms. The molecule has 0 atom stereocenters. The lowest BCUT2D eigenvalue weighted by Crippen LogP contribution is -2.36. The average molecular weight is 503 g/mol. The predicted molar refractivity (Wildman–Crippen MR) is 120 cm³/mol. The van der Waals surface area contributed by atoms with E-state index < -0.39 is 9.84 Å². The number of hydrogen-bond acceptors (Lipinski definition) is 4. The Bertz CT molecular complexity index is 853. The SMILES string of the molecule is CCNC(=NCc1cccc(OC)c1)NCc1ccc(S(C)(=O)=O)cc1.I. The molecule has 27 heavy (non-hydrogen) atoms. The number of aliphatic imine (C=N–C) groups is 1. The first-order valence-corrected chi connectivity index (χ1v) is 10.3. The van der Waals surface area contributed by atoms with Crippen LogP contribution in [0.25, 0.3) is 0 Å². The first kappa shape index (κ1) is 23.2. The molecule has 0 saturated heterocycles. The molecule has 0 aliphatic carbocycles. The van der Waals surface area contributed by atoms with Gasteiger partial charge in [0.25, 0.3) is 0 Å². The summed E-state index contributed by atoms with van der Waals surface area (Å²) in [5.74, 6) is 1.50. The third-order valence-electron chi connectivity index (χ3n) is 3.71. The zero-order valence-electron chi connectivity index (χ0n) is 15.7. The first-order valence-electron chi connectivity index (χ1n) is 8.36. The molecule has 6 nitrogen and oxygen atoms in total. The van der Waals surface area contributed by atoms with Gasteiger partial charge in [-0.1, -0.05) is 24.3 Å².